The molecule has 1 heterocycles. The number of carbonyl (C=O) groups excluding carboxylic acids is 1. The van der Waals surface area contributed by atoms with Gasteiger partial charge in [0.2, 0.25) is 11.1 Å². The Kier molecular flexibility index (Phi) is 6.96. The van der Waals surface area contributed by atoms with E-state index in [9.17, 15) is 4.79 Å². The van der Waals surface area contributed by atoms with Crippen LogP contribution in [-0.4, -0.2) is 60.3 Å². The molecule has 0 aliphatic rings. The lowest BCUT2D eigenvalue weighted by Gasteiger charge is -2.11. The summed E-state index contributed by atoms with van der Waals surface area (Å²) in [6.45, 7) is 0. The molecule has 0 aliphatic carbocycles. The lowest BCUT2D eigenvalue weighted by molar-refractivity contribution is -0.113. The van der Waals surface area contributed by atoms with Gasteiger partial charge in [0.15, 0.2) is 0 Å². The van der Waals surface area contributed by atoms with Gasteiger partial charge in [0, 0.05) is 30.0 Å². The van der Waals surface area contributed by atoms with E-state index in [0.717, 1.165) is 0 Å². The van der Waals surface area contributed by atoms with E-state index in [-0.39, 0.29) is 11.7 Å². The first-order valence-electron chi connectivity index (χ1n) is 8.74. The molecule has 0 aliphatic heterocycles. The monoisotopic (exact) mass is 431 g/mol. The summed E-state index contributed by atoms with van der Waals surface area (Å²) in [5, 5.41) is 15.0. The maximum atomic E-state index is 12.4. The molecule has 0 unspecified atom stereocenters. The average molecular weight is 431 g/mol. The molecule has 10 nitrogen and oxygen atoms in total. The molecule has 158 valence electrons. The van der Waals surface area contributed by atoms with E-state index < -0.39 is 0 Å². The van der Waals surface area contributed by atoms with Crippen molar-refractivity contribution in [3.8, 4) is 28.7 Å². The van der Waals surface area contributed by atoms with Crippen molar-refractivity contribution < 1.29 is 23.7 Å². The lowest BCUT2D eigenvalue weighted by Crippen LogP contribution is -2.15. The van der Waals surface area contributed by atoms with Crippen LogP contribution < -0.4 is 24.3 Å². The first kappa shape index (κ1) is 21.2. The fourth-order valence-corrected chi connectivity index (χ4v) is 3.27. The van der Waals surface area contributed by atoms with E-state index in [1.165, 1.54) is 16.4 Å². The van der Waals surface area contributed by atoms with Crippen LogP contribution in [0.4, 0.5) is 5.69 Å². The van der Waals surface area contributed by atoms with Crippen LogP contribution in [0, 0.1) is 0 Å². The van der Waals surface area contributed by atoms with Gasteiger partial charge in [0.25, 0.3) is 0 Å². The quantitative estimate of drug-likeness (QED) is 0.511. The molecule has 1 N–H and O–H groups in total. The summed E-state index contributed by atoms with van der Waals surface area (Å²) < 4.78 is 22.5. The van der Waals surface area contributed by atoms with Crippen LogP contribution in [0.5, 0.6) is 23.0 Å². The molecule has 0 saturated heterocycles. The third-order valence-electron chi connectivity index (χ3n) is 4.02. The number of hydrogen-bond acceptors (Lipinski definition) is 9. The third kappa shape index (κ3) is 4.92. The number of anilines is 1. The van der Waals surface area contributed by atoms with Gasteiger partial charge in [0.05, 0.1) is 34.2 Å². The molecule has 0 spiro atoms. The second-order valence-electron chi connectivity index (χ2n) is 5.85. The second kappa shape index (κ2) is 9.83. The highest BCUT2D eigenvalue weighted by molar-refractivity contribution is 7.99. The van der Waals surface area contributed by atoms with E-state index in [1.807, 2.05) is 0 Å². The van der Waals surface area contributed by atoms with Crippen molar-refractivity contribution in [2.75, 3.05) is 39.5 Å². The Bertz CT molecular complexity index is 1000. The molecule has 3 aromatic rings. The Hall–Kier alpha value is -3.47. The number of nitrogens with one attached hydrogen (secondary N) is 1. The predicted molar refractivity (Wildman–Crippen MR) is 111 cm³/mol. The van der Waals surface area contributed by atoms with Crippen molar-refractivity contribution in [2.24, 2.45) is 0 Å². The molecular weight excluding hydrogens is 410 g/mol. The summed E-state index contributed by atoms with van der Waals surface area (Å²) in [5.74, 6) is 2.20. The number of rotatable bonds is 9. The van der Waals surface area contributed by atoms with Crippen LogP contribution in [0.25, 0.3) is 5.69 Å². The molecule has 2 aromatic carbocycles. The Labute approximate surface area is 177 Å². The van der Waals surface area contributed by atoms with E-state index in [1.54, 1.807) is 64.8 Å². The standard InChI is InChI=1S/C19H21N5O5S/c1-26-13-5-6-16(17(10-13)29-4)24-19(21-22-23-24)30-11-18(25)20-12-7-14(27-2)9-15(8-12)28-3/h5-10H,11H2,1-4H3,(H,20,25). The van der Waals surface area contributed by atoms with Crippen molar-refractivity contribution >= 4 is 23.4 Å². The fourth-order valence-electron chi connectivity index (χ4n) is 2.59. The second-order valence-corrected chi connectivity index (χ2v) is 6.79. The summed E-state index contributed by atoms with van der Waals surface area (Å²) in [4.78, 5) is 12.4. The number of hydrogen-bond donors (Lipinski definition) is 1. The molecule has 0 atom stereocenters. The van der Waals surface area contributed by atoms with Crippen molar-refractivity contribution in [3.63, 3.8) is 0 Å². The summed E-state index contributed by atoms with van der Waals surface area (Å²) >= 11 is 1.19. The molecule has 11 heteroatoms. The minimum atomic E-state index is -0.230. The van der Waals surface area contributed by atoms with E-state index in [2.05, 4.69) is 20.8 Å². The fraction of sp³-hybridized carbons (Fsp3) is 0.263. The summed E-state index contributed by atoms with van der Waals surface area (Å²) in [6, 6.07) is 10.4. The van der Waals surface area contributed by atoms with Crippen LogP contribution in [0.15, 0.2) is 41.6 Å². The highest BCUT2D eigenvalue weighted by atomic mass is 32.2. The minimum absolute atomic E-state index is 0.0956. The molecular formula is C19H21N5O5S. The van der Waals surface area contributed by atoms with Crippen LogP contribution >= 0.6 is 11.8 Å². The number of benzene rings is 2. The maximum absolute atomic E-state index is 12.4. The van der Waals surface area contributed by atoms with Gasteiger partial charge in [-0.2, -0.15) is 4.68 Å². The molecule has 3 rings (SSSR count). The van der Waals surface area contributed by atoms with Crippen molar-refractivity contribution in [3.05, 3.63) is 36.4 Å². The summed E-state index contributed by atoms with van der Waals surface area (Å²) in [5.41, 5.74) is 1.19. The normalized spacial score (nSPS) is 10.4. The number of methoxy groups -OCH3 is 4. The van der Waals surface area contributed by atoms with Crippen molar-refractivity contribution in [1.29, 1.82) is 0 Å². The number of aromatic nitrogens is 4. The van der Waals surface area contributed by atoms with Gasteiger partial charge in [-0.25, -0.2) is 0 Å². The van der Waals surface area contributed by atoms with Gasteiger partial charge in [0.1, 0.15) is 28.7 Å². The number of nitrogens with zero attached hydrogens (tertiary/aromatic N) is 4. The molecule has 0 saturated carbocycles. The van der Waals surface area contributed by atoms with Crippen LogP contribution in [-0.2, 0) is 4.79 Å². The first-order chi connectivity index (χ1) is 14.6. The van der Waals surface area contributed by atoms with E-state index >= 15 is 0 Å². The predicted octanol–water partition coefficient (Wildman–Crippen LogP) is 2.43. The number of ether oxygens (including phenoxy) is 4. The van der Waals surface area contributed by atoms with Crippen molar-refractivity contribution in [1.82, 2.24) is 20.2 Å². The zero-order valence-electron chi connectivity index (χ0n) is 16.9. The van der Waals surface area contributed by atoms with Gasteiger partial charge in [-0.1, -0.05) is 11.8 Å². The molecule has 1 amide bonds. The SMILES string of the molecule is COc1cc(NC(=O)CSc2nnnn2-c2ccc(OC)cc2OC)cc(OC)c1. The number of carbonyl (C=O) groups is 1. The zero-order chi connectivity index (χ0) is 21.5. The maximum Gasteiger partial charge on any atom is 0.234 e. The molecule has 1 aromatic heterocycles. The molecule has 0 bridgehead atoms. The van der Waals surface area contributed by atoms with Gasteiger partial charge in [-0.15, -0.1) is 5.10 Å². The Morgan fingerprint density at radius 2 is 1.67 bits per heavy atom. The smallest absolute Gasteiger partial charge is 0.234 e. The first-order valence-corrected chi connectivity index (χ1v) is 9.73. The summed E-state index contributed by atoms with van der Waals surface area (Å²) in [7, 11) is 6.21. The Morgan fingerprint density at radius 1 is 0.967 bits per heavy atom. The van der Waals surface area contributed by atoms with Gasteiger partial charge in [-0.3, -0.25) is 4.79 Å². The molecule has 0 radical (unpaired) electrons. The summed E-state index contributed by atoms with van der Waals surface area (Å²) in [6.07, 6.45) is 0. The average Bonchev–Trinajstić information content (AvgIpc) is 3.25. The molecule has 0 fully saturated rings. The highest BCUT2D eigenvalue weighted by Gasteiger charge is 2.16. The zero-order valence-corrected chi connectivity index (χ0v) is 17.7. The lowest BCUT2D eigenvalue weighted by atomic mass is 10.2. The van der Waals surface area contributed by atoms with Crippen LogP contribution in [0.2, 0.25) is 0 Å². The number of tetrazole rings is 1. The van der Waals surface area contributed by atoms with Gasteiger partial charge in [-0.05, 0) is 22.6 Å². The topological polar surface area (TPSA) is 110 Å². The van der Waals surface area contributed by atoms with Gasteiger partial charge < -0.3 is 24.3 Å². The van der Waals surface area contributed by atoms with Gasteiger partial charge >= 0.3 is 0 Å². The van der Waals surface area contributed by atoms with Crippen molar-refractivity contribution in [2.45, 2.75) is 5.16 Å². The van der Waals surface area contributed by atoms with Crippen LogP contribution in [0.3, 0.4) is 0 Å². The highest BCUT2D eigenvalue weighted by Crippen LogP contribution is 2.30. The van der Waals surface area contributed by atoms with E-state index in [0.29, 0.717) is 39.5 Å². The number of thioether (sulfide) groups is 1. The van der Waals surface area contributed by atoms with E-state index in [4.69, 9.17) is 18.9 Å². The number of amides is 1. The molecule has 30 heavy (non-hydrogen) atoms. The Balaban J connectivity index is 1.71. The largest absolute Gasteiger partial charge is 0.497 e. The van der Waals surface area contributed by atoms with Crippen LogP contribution in [0.1, 0.15) is 0 Å². The Morgan fingerprint density at radius 3 is 2.30 bits per heavy atom. The minimum Gasteiger partial charge on any atom is -0.497 e. The third-order valence-corrected chi connectivity index (χ3v) is 4.94.